The average molecular weight is 1410 g/mol. The Labute approximate surface area is 638 Å². The van der Waals surface area contributed by atoms with E-state index in [4.69, 9.17) is 10.5 Å². The van der Waals surface area contributed by atoms with Crippen LogP contribution in [-0.2, 0) is 0 Å². The highest BCUT2D eigenvalue weighted by Crippen LogP contribution is 2.40. The van der Waals surface area contributed by atoms with Crippen molar-refractivity contribution in [3.05, 3.63) is 389 Å². The van der Waals surface area contributed by atoms with Gasteiger partial charge in [0, 0.05) is 103 Å². The number of aromatic nitrogens is 8. The van der Waals surface area contributed by atoms with Gasteiger partial charge in [0.25, 0.3) is 0 Å². The van der Waals surface area contributed by atoms with E-state index < -0.39 is 0 Å². The van der Waals surface area contributed by atoms with Crippen molar-refractivity contribution in [2.24, 2.45) is 0 Å². The molecule has 8 nitrogen and oxygen atoms in total. The summed E-state index contributed by atoms with van der Waals surface area (Å²) in [6, 6.07) is 105. The Balaban J connectivity index is 0.0000000917. The smallest absolute Gasteiger partial charge is 0.125 e. The first-order valence-electron chi connectivity index (χ1n) is 38.7. The highest BCUT2D eigenvalue weighted by molar-refractivity contribution is 6.29. The zero-order valence-corrected chi connectivity index (χ0v) is 60.1. The second kappa shape index (κ2) is 28.7. The van der Waals surface area contributed by atoms with E-state index >= 15 is 0 Å². The maximum absolute atomic E-state index is 7.85. The molecular weight excluding hydrogens is 1340 g/mol. The lowest BCUT2D eigenvalue weighted by atomic mass is 9.96. The third kappa shape index (κ3) is 11.9. The fourth-order valence-electron chi connectivity index (χ4n) is 16.1. The Bertz CT molecular complexity index is 6570. The molecule has 18 aromatic carbocycles. The molecule has 6 aromatic heterocycles. The molecule has 516 valence electrons. The summed E-state index contributed by atoms with van der Waals surface area (Å²) in [7, 11) is 0. The summed E-state index contributed by atoms with van der Waals surface area (Å²) < 4.78 is 31.4. The lowest BCUT2D eigenvalue weighted by Gasteiger charge is -2.09. The van der Waals surface area contributed by atoms with Gasteiger partial charge in [-0.05, 0) is 151 Å². The molecular formula is C102H68N8. The summed E-state index contributed by atoms with van der Waals surface area (Å²) in [6.45, 7) is 3.92. The molecule has 0 unspecified atom stereocenters. The minimum Gasteiger partial charge on any atom is -0.264 e. The van der Waals surface area contributed by atoms with Crippen molar-refractivity contribution in [3.8, 4) is 0 Å². The molecule has 0 spiro atoms. The van der Waals surface area contributed by atoms with Gasteiger partial charge in [-0.15, -0.1) is 0 Å². The molecule has 24 aromatic rings. The maximum atomic E-state index is 7.85. The summed E-state index contributed by atoms with van der Waals surface area (Å²) in [6.07, 6.45) is 14.9. The second-order valence-electron chi connectivity index (χ2n) is 27.3. The van der Waals surface area contributed by atoms with Gasteiger partial charge < -0.3 is 0 Å². The van der Waals surface area contributed by atoms with Gasteiger partial charge in [-0.3, -0.25) is 24.9 Å². The first-order chi connectivity index (χ1) is 56.1. The fraction of sp³-hybridized carbons (Fsp3) is 0.0196. The van der Waals surface area contributed by atoms with Crippen LogP contribution in [0.15, 0.2) is 377 Å². The van der Waals surface area contributed by atoms with Gasteiger partial charge in [-0.2, -0.15) is 0 Å². The summed E-state index contributed by atoms with van der Waals surface area (Å²) >= 11 is 0. The molecule has 24 rings (SSSR count). The van der Waals surface area contributed by atoms with E-state index in [1.165, 1.54) is 118 Å². The van der Waals surface area contributed by atoms with E-state index in [2.05, 4.69) is 205 Å². The first kappa shape index (κ1) is 61.7. The molecule has 0 aliphatic rings. The van der Waals surface area contributed by atoms with Crippen molar-refractivity contribution < 1.29 is 5.48 Å². The van der Waals surface area contributed by atoms with Crippen molar-refractivity contribution >= 4 is 195 Å². The molecule has 0 bridgehead atoms. The van der Waals surface area contributed by atoms with Crippen LogP contribution in [0.3, 0.4) is 0 Å². The molecule has 0 saturated carbocycles. The Morgan fingerprint density at radius 2 is 0.427 bits per heavy atom. The van der Waals surface area contributed by atoms with Crippen molar-refractivity contribution in [2.75, 3.05) is 0 Å². The monoisotopic (exact) mass is 1410 g/mol. The van der Waals surface area contributed by atoms with E-state index in [1.807, 2.05) is 197 Å². The van der Waals surface area contributed by atoms with Gasteiger partial charge in [0.2, 0.25) is 0 Å². The third-order valence-electron chi connectivity index (χ3n) is 21.0. The van der Waals surface area contributed by atoms with Gasteiger partial charge in [0.15, 0.2) is 0 Å². The van der Waals surface area contributed by atoms with Crippen LogP contribution in [-0.4, -0.2) is 39.9 Å². The lowest BCUT2D eigenvalue weighted by molar-refractivity contribution is 1.10. The summed E-state index contributed by atoms with van der Waals surface area (Å²) in [5, 5.41) is 36.6. The van der Waals surface area contributed by atoms with Gasteiger partial charge in [-0.25, -0.2) is 15.0 Å². The molecule has 0 aliphatic carbocycles. The number of benzene rings is 18. The number of aryl methyl sites for hydroxylation is 2. The van der Waals surface area contributed by atoms with Crippen LogP contribution in [0.25, 0.3) is 195 Å². The number of hydrogen-bond donors (Lipinski definition) is 0. The van der Waals surface area contributed by atoms with E-state index in [0.29, 0.717) is 24.2 Å². The van der Waals surface area contributed by atoms with Gasteiger partial charge in [-0.1, -0.05) is 303 Å². The summed E-state index contributed by atoms with van der Waals surface area (Å²) in [4.78, 5) is 35.8. The predicted octanol–water partition coefficient (Wildman–Crippen LogP) is 26.7. The third-order valence-corrected chi connectivity index (χ3v) is 21.0. The van der Waals surface area contributed by atoms with Crippen LogP contribution in [0.4, 0.5) is 0 Å². The summed E-state index contributed by atoms with van der Waals surface area (Å²) in [5.41, 5.74) is 6.00. The Morgan fingerprint density at radius 3 is 0.800 bits per heavy atom. The highest BCUT2D eigenvalue weighted by Gasteiger charge is 2.15. The van der Waals surface area contributed by atoms with Crippen LogP contribution in [0.5, 0.6) is 0 Å². The zero-order valence-electron chi connectivity index (χ0n) is 64.1. The second-order valence-corrected chi connectivity index (χ2v) is 27.3. The molecule has 0 fully saturated rings. The van der Waals surface area contributed by atoms with E-state index in [9.17, 15) is 0 Å². The first-order valence-corrected chi connectivity index (χ1v) is 36.7. The van der Waals surface area contributed by atoms with Crippen molar-refractivity contribution in [3.63, 3.8) is 0 Å². The van der Waals surface area contributed by atoms with Crippen molar-refractivity contribution in [1.29, 1.82) is 0 Å². The molecule has 6 heterocycles. The zero-order chi connectivity index (χ0) is 76.9. The largest absolute Gasteiger partial charge is 0.264 e. The van der Waals surface area contributed by atoms with Crippen molar-refractivity contribution in [2.45, 2.75) is 13.8 Å². The number of rotatable bonds is 0. The predicted molar refractivity (Wildman–Crippen MR) is 466 cm³/mol. The standard InChI is InChI=1S/2C17H12N2.4C17H11N/c1-11-10-18-16-14-8-4-2-6-12(14)13-7-3-5-9-15(13)17(16)19-11;1-11-18-10-16-14-8-3-2-6-12(14)13-7-4-5-9-15(13)17(16)19-11;2*1-2-7-14-12(6-1)13-8-3-4-9-15(13)17-16(14)10-5-11-18-17;2*1-2-7-14-12(5-1)13-6-3-4-8-15(13)17-11-18-10-9-16(14)17/h2*2-10H,1H3;4*1-11H/i;;3D;2D;3D;1D. The topological polar surface area (TPSA) is 103 Å². The van der Waals surface area contributed by atoms with E-state index in [1.54, 1.807) is 0 Å². The Hall–Kier alpha value is -14.6. The van der Waals surface area contributed by atoms with Gasteiger partial charge in [0.05, 0.1) is 38.8 Å². The molecule has 8 heteroatoms. The van der Waals surface area contributed by atoms with Crippen LogP contribution in [0.1, 0.15) is 17.0 Å². The van der Waals surface area contributed by atoms with Gasteiger partial charge in [0.1, 0.15) is 5.82 Å². The molecule has 110 heavy (non-hydrogen) atoms. The Kier molecular flexibility index (Phi) is 16.1. The molecule has 0 atom stereocenters. The Morgan fingerprint density at radius 1 is 0.173 bits per heavy atom. The minimum absolute atomic E-state index is 0.535. The molecule has 0 aliphatic heterocycles. The van der Waals surface area contributed by atoms with E-state index in [-0.39, 0.29) is 0 Å². The SMILES string of the molecule is Cc1cnc2c3ccccc3c3ccccc3c2n1.Cc1ncc2c3ccccc3c3ccccc3c2n1.[2H]c1ccc2c(c1)c1ccccc1c1cccnc12.[2H]c1ccc2c3ccccc3c3ncccc3c2c1.[2H]c1ccc2c3ccncc3c3ccccc3c2c1.[2H]c1ccc2c3cnccc3c3ccccc3c2c1. The molecule has 0 radical (unpaired) electrons. The van der Waals surface area contributed by atoms with Crippen LogP contribution in [0.2, 0.25) is 0 Å². The van der Waals surface area contributed by atoms with Crippen LogP contribution >= 0.6 is 0 Å². The average Bonchev–Trinajstić information content (AvgIpc) is 0.784. The van der Waals surface area contributed by atoms with E-state index in [0.717, 1.165) is 87.6 Å². The van der Waals surface area contributed by atoms with Crippen LogP contribution in [0, 0.1) is 13.8 Å². The number of fused-ring (bicyclic) bond motifs is 36. The van der Waals surface area contributed by atoms with Crippen LogP contribution < -0.4 is 0 Å². The number of nitrogens with zero attached hydrogens (tertiary/aromatic N) is 8. The molecule has 0 saturated heterocycles. The number of hydrogen-bond acceptors (Lipinski definition) is 8. The normalized spacial score (nSPS) is 11.9. The highest BCUT2D eigenvalue weighted by atomic mass is 14.9. The van der Waals surface area contributed by atoms with Gasteiger partial charge >= 0.3 is 0 Å². The summed E-state index contributed by atoms with van der Waals surface area (Å²) in [5.74, 6) is 0.813. The fourth-order valence-corrected chi connectivity index (χ4v) is 16.1. The number of pyridine rings is 4. The molecule has 0 amide bonds. The maximum Gasteiger partial charge on any atom is 0.125 e. The minimum atomic E-state index is 0.535. The molecule has 0 N–H and O–H groups in total. The quantitative estimate of drug-likeness (QED) is 0.138. The van der Waals surface area contributed by atoms with Crippen molar-refractivity contribution in [1.82, 2.24) is 39.9 Å². The lowest BCUT2D eigenvalue weighted by Crippen LogP contribution is -1.90.